The normalized spacial score (nSPS) is 24.5. The molecule has 3 unspecified atom stereocenters. The molecule has 2 rings (SSSR count). The van der Waals surface area contributed by atoms with Gasteiger partial charge in [-0.25, -0.2) is 0 Å². The standard InChI is InChI=1S/C14H21N3O2/c1-10-13(6-4-8-16-10)17-14(18)11(2)19-12-5-3-7-15-9-12/h3,5,7,9-11,13,16H,4,6,8H2,1-2H3,(H,17,18). The van der Waals surface area contributed by atoms with Crippen LogP contribution in [0.2, 0.25) is 0 Å². The number of rotatable bonds is 4. The van der Waals surface area contributed by atoms with Crippen molar-refractivity contribution in [2.24, 2.45) is 0 Å². The molecule has 1 aliphatic heterocycles. The Hall–Kier alpha value is -1.62. The van der Waals surface area contributed by atoms with Gasteiger partial charge in [-0.1, -0.05) is 0 Å². The summed E-state index contributed by atoms with van der Waals surface area (Å²) in [5.41, 5.74) is 0. The minimum absolute atomic E-state index is 0.0793. The Morgan fingerprint density at radius 1 is 1.63 bits per heavy atom. The molecule has 0 bridgehead atoms. The van der Waals surface area contributed by atoms with Crippen LogP contribution in [0.15, 0.2) is 24.5 Å². The third kappa shape index (κ3) is 3.92. The van der Waals surface area contributed by atoms with E-state index in [1.54, 1.807) is 31.5 Å². The van der Waals surface area contributed by atoms with Crippen molar-refractivity contribution in [3.05, 3.63) is 24.5 Å². The quantitative estimate of drug-likeness (QED) is 0.854. The average Bonchev–Trinajstić information content (AvgIpc) is 2.42. The van der Waals surface area contributed by atoms with Crippen molar-refractivity contribution in [1.82, 2.24) is 15.6 Å². The summed E-state index contributed by atoms with van der Waals surface area (Å²) in [4.78, 5) is 16.0. The van der Waals surface area contributed by atoms with Crippen LogP contribution in [-0.2, 0) is 4.79 Å². The highest BCUT2D eigenvalue weighted by Crippen LogP contribution is 2.11. The van der Waals surface area contributed by atoms with Crippen LogP contribution in [0.3, 0.4) is 0 Å². The second-order valence-electron chi connectivity index (χ2n) is 4.95. The molecule has 2 N–H and O–H groups in total. The molecule has 0 saturated carbocycles. The van der Waals surface area contributed by atoms with Gasteiger partial charge in [0.2, 0.25) is 0 Å². The van der Waals surface area contributed by atoms with E-state index in [1.165, 1.54) is 0 Å². The van der Waals surface area contributed by atoms with Gasteiger partial charge in [-0.05, 0) is 45.4 Å². The molecule has 1 amide bonds. The molecule has 1 saturated heterocycles. The SMILES string of the molecule is CC(Oc1cccnc1)C(=O)NC1CCCNC1C. The van der Waals surface area contributed by atoms with Crippen molar-refractivity contribution in [2.45, 2.75) is 44.9 Å². The summed E-state index contributed by atoms with van der Waals surface area (Å²) in [6.45, 7) is 4.87. The number of nitrogens with one attached hydrogen (secondary N) is 2. The lowest BCUT2D eigenvalue weighted by molar-refractivity contribution is -0.128. The summed E-state index contributed by atoms with van der Waals surface area (Å²) in [5.74, 6) is 0.532. The van der Waals surface area contributed by atoms with E-state index >= 15 is 0 Å². The van der Waals surface area contributed by atoms with Crippen LogP contribution in [0.5, 0.6) is 5.75 Å². The molecule has 2 heterocycles. The summed E-state index contributed by atoms with van der Waals surface area (Å²) in [5, 5.41) is 6.40. The van der Waals surface area contributed by atoms with Crippen LogP contribution in [0.4, 0.5) is 0 Å². The molecule has 1 aromatic heterocycles. The fraction of sp³-hybridized carbons (Fsp3) is 0.571. The van der Waals surface area contributed by atoms with Crippen molar-refractivity contribution in [1.29, 1.82) is 0 Å². The first kappa shape index (κ1) is 13.8. The van der Waals surface area contributed by atoms with Gasteiger partial charge in [0.05, 0.1) is 6.20 Å². The summed E-state index contributed by atoms with van der Waals surface area (Å²) >= 11 is 0. The zero-order valence-electron chi connectivity index (χ0n) is 11.4. The highest BCUT2D eigenvalue weighted by atomic mass is 16.5. The molecule has 1 aliphatic rings. The number of nitrogens with zero attached hydrogens (tertiary/aromatic N) is 1. The summed E-state index contributed by atoms with van der Waals surface area (Å²) in [7, 11) is 0. The molecule has 0 radical (unpaired) electrons. The lowest BCUT2D eigenvalue weighted by atomic mass is 10.00. The molecule has 0 aliphatic carbocycles. The van der Waals surface area contributed by atoms with Crippen molar-refractivity contribution in [2.75, 3.05) is 6.54 Å². The van der Waals surface area contributed by atoms with Gasteiger partial charge >= 0.3 is 0 Å². The maximum atomic E-state index is 12.1. The van der Waals surface area contributed by atoms with Crippen molar-refractivity contribution in [3.63, 3.8) is 0 Å². The first-order chi connectivity index (χ1) is 9.16. The number of pyridine rings is 1. The lowest BCUT2D eigenvalue weighted by Gasteiger charge is -2.31. The third-order valence-electron chi connectivity index (χ3n) is 3.41. The van der Waals surface area contributed by atoms with E-state index < -0.39 is 6.10 Å². The second kappa shape index (κ2) is 6.52. The second-order valence-corrected chi connectivity index (χ2v) is 4.95. The molecule has 5 heteroatoms. The van der Waals surface area contributed by atoms with Crippen LogP contribution >= 0.6 is 0 Å². The van der Waals surface area contributed by atoms with Gasteiger partial charge in [0.1, 0.15) is 5.75 Å². The molecule has 1 aromatic rings. The predicted octanol–water partition coefficient (Wildman–Crippen LogP) is 1.11. The highest BCUT2D eigenvalue weighted by Gasteiger charge is 2.25. The Bertz CT molecular complexity index is 410. The topological polar surface area (TPSA) is 63.2 Å². The molecule has 0 aromatic carbocycles. The number of piperidine rings is 1. The molecular weight excluding hydrogens is 242 g/mol. The molecular formula is C14H21N3O2. The van der Waals surface area contributed by atoms with Gasteiger partial charge in [-0.3, -0.25) is 9.78 Å². The zero-order chi connectivity index (χ0) is 13.7. The van der Waals surface area contributed by atoms with Crippen LogP contribution in [0.1, 0.15) is 26.7 Å². The van der Waals surface area contributed by atoms with E-state index in [-0.39, 0.29) is 11.9 Å². The van der Waals surface area contributed by atoms with Crippen LogP contribution in [0, 0.1) is 0 Å². The van der Waals surface area contributed by atoms with Crippen molar-refractivity contribution in [3.8, 4) is 5.75 Å². The highest BCUT2D eigenvalue weighted by molar-refractivity contribution is 5.81. The Morgan fingerprint density at radius 2 is 2.47 bits per heavy atom. The molecule has 3 atom stereocenters. The number of hydrogen-bond donors (Lipinski definition) is 2. The number of hydrogen-bond acceptors (Lipinski definition) is 4. The number of ether oxygens (including phenoxy) is 1. The van der Waals surface area contributed by atoms with Crippen LogP contribution < -0.4 is 15.4 Å². The van der Waals surface area contributed by atoms with Gasteiger partial charge in [0.15, 0.2) is 6.10 Å². The van der Waals surface area contributed by atoms with E-state index in [1.807, 2.05) is 0 Å². The summed E-state index contributed by atoms with van der Waals surface area (Å²) < 4.78 is 5.56. The van der Waals surface area contributed by atoms with E-state index in [4.69, 9.17) is 4.74 Å². The Kier molecular flexibility index (Phi) is 4.74. The number of aromatic nitrogens is 1. The first-order valence-electron chi connectivity index (χ1n) is 6.77. The average molecular weight is 263 g/mol. The van der Waals surface area contributed by atoms with Crippen molar-refractivity contribution < 1.29 is 9.53 Å². The van der Waals surface area contributed by atoms with E-state index in [2.05, 4.69) is 22.5 Å². The molecule has 19 heavy (non-hydrogen) atoms. The summed E-state index contributed by atoms with van der Waals surface area (Å²) in [6.07, 6.45) is 4.87. The molecule has 0 spiro atoms. The zero-order valence-corrected chi connectivity index (χ0v) is 11.4. The monoisotopic (exact) mass is 263 g/mol. The van der Waals surface area contributed by atoms with Gasteiger partial charge in [-0.15, -0.1) is 0 Å². The smallest absolute Gasteiger partial charge is 0.261 e. The van der Waals surface area contributed by atoms with Crippen LogP contribution in [0.25, 0.3) is 0 Å². The van der Waals surface area contributed by atoms with Gasteiger partial charge in [0.25, 0.3) is 5.91 Å². The van der Waals surface area contributed by atoms with E-state index in [0.717, 1.165) is 19.4 Å². The first-order valence-corrected chi connectivity index (χ1v) is 6.77. The third-order valence-corrected chi connectivity index (χ3v) is 3.41. The molecule has 5 nitrogen and oxygen atoms in total. The number of carbonyl (C=O) groups is 1. The molecule has 104 valence electrons. The maximum Gasteiger partial charge on any atom is 0.261 e. The summed E-state index contributed by atoms with van der Waals surface area (Å²) in [6, 6.07) is 4.07. The van der Waals surface area contributed by atoms with Gasteiger partial charge in [-0.2, -0.15) is 0 Å². The van der Waals surface area contributed by atoms with Crippen molar-refractivity contribution >= 4 is 5.91 Å². The number of amides is 1. The fourth-order valence-electron chi connectivity index (χ4n) is 2.22. The van der Waals surface area contributed by atoms with E-state index in [0.29, 0.717) is 11.8 Å². The Balaban J connectivity index is 1.85. The number of carbonyl (C=O) groups excluding carboxylic acids is 1. The van der Waals surface area contributed by atoms with Gasteiger partial charge < -0.3 is 15.4 Å². The minimum atomic E-state index is -0.515. The fourth-order valence-corrected chi connectivity index (χ4v) is 2.22. The molecule has 1 fully saturated rings. The largest absolute Gasteiger partial charge is 0.479 e. The maximum absolute atomic E-state index is 12.1. The lowest BCUT2D eigenvalue weighted by Crippen LogP contribution is -2.54. The van der Waals surface area contributed by atoms with E-state index in [9.17, 15) is 4.79 Å². The minimum Gasteiger partial charge on any atom is -0.479 e. The Morgan fingerprint density at radius 3 is 3.16 bits per heavy atom. The van der Waals surface area contributed by atoms with Crippen LogP contribution in [-0.4, -0.2) is 35.6 Å². The Labute approximate surface area is 113 Å². The predicted molar refractivity (Wildman–Crippen MR) is 73.0 cm³/mol. The van der Waals surface area contributed by atoms with Gasteiger partial charge in [0, 0.05) is 18.3 Å².